The van der Waals surface area contributed by atoms with Crippen LogP contribution in [0.2, 0.25) is 0 Å². The maximum atomic E-state index is 11.2. The molecule has 4 heteroatoms. The number of hydrogen-bond acceptors (Lipinski definition) is 4. The van der Waals surface area contributed by atoms with E-state index < -0.39 is 0 Å². The Balaban J connectivity index is 1.63. The van der Waals surface area contributed by atoms with Gasteiger partial charge in [-0.2, -0.15) is 0 Å². The first-order valence-corrected chi connectivity index (χ1v) is 6.58. The van der Waals surface area contributed by atoms with E-state index in [1.54, 1.807) is 12.1 Å². The lowest BCUT2D eigenvalue weighted by molar-refractivity contribution is 0.280. The second-order valence-electron chi connectivity index (χ2n) is 4.71. The van der Waals surface area contributed by atoms with Crippen molar-refractivity contribution >= 4 is 11.0 Å². The topological polar surface area (TPSA) is 52.0 Å². The minimum atomic E-state index is -0.346. The van der Waals surface area contributed by atoms with Gasteiger partial charge in [0.05, 0.1) is 18.8 Å². The van der Waals surface area contributed by atoms with Gasteiger partial charge in [0, 0.05) is 23.9 Å². The second kappa shape index (κ2) is 5.05. The molecule has 0 amide bonds. The molecule has 100 valence electrons. The molecule has 2 aromatic rings. The van der Waals surface area contributed by atoms with Crippen LogP contribution in [0.3, 0.4) is 0 Å². The highest BCUT2D eigenvalue weighted by Crippen LogP contribution is 2.28. The van der Waals surface area contributed by atoms with Crippen LogP contribution in [0.1, 0.15) is 19.8 Å². The molecule has 1 aromatic heterocycles. The molecule has 1 saturated heterocycles. The van der Waals surface area contributed by atoms with Gasteiger partial charge in [-0.05, 0) is 24.6 Å². The number of epoxide rings is 1. The van der Waals surface area contributed by atoms with E-state index in [4.69, 9.17) is 13.9 Å². The third kappa shape index (κ3) is 2.79. The van der Waals surface area contributed by atoms with Crippen molar-refractivity contribution < 1.29 is 13.9 Å². The average molecular weight is 260 g/mol. The Labute approximate surface area is 110 Å². The van der Waals surface area contributed by atoms with Crippen molar-refractivity contribution in [2.75, 3.05) is 6.61 Å². The minimum absolute atomic E-state index is 0.346. The van der Waals surface area contributed by atoms with Crippen molar-refractivity contribution in [1.29, 1.82) is 0 Å². The Hall–Kier alpha value is -1.81. The van der Waals surface area contributed by atoms with Crippen LogP contribution < -0.4 is 10.4 Å². The first kappa shape index (κ1) is 12.2. The van der Waals surface area contributed by atoms with Gasteiger partial charge in [-0.15, -0.1) is 0 Å². The summed E-state index contributed by atoms with van der Waals surface area (Å²) in [7, 11) is 0. The van der Waals surface area contributed by atoms with Gasteiger partial charge in [-0.3, -0.25) is 0 Å². The molecule has 4 nitrogen and oxygen atoms in total. The van der Waals surface area contributed by atoms with Crippen LogP contribution in [0.4, 0.5) is 0 Å². The Morgan fingerprint density at radius 2 is 2.05 bits per heavy atom. The third-order valence-corrected chi connectivity index (χ3v) is 3.36. The van der Waals surface area contributed by atoms with Gasteiger partial charge >= 0.3 is 5.63 Å². The van der Waals surface area contributed by atoms with Crippen LogP contribution in [0.25, 0.3) is 11.0 Å². The smallest absolute Gasteiger partial charge is 0.336 e. The monoisotopic (exact) mass is 260 g/mol. The van der Waals surface area contributed by atoms with E-state index in [2.05, 4.69) is 6.92 Å². The summed E-state index contributed by atoms with van der Waals surface area (Å²) in [5, 5.41) is 0.892. The van der Waals surface area contributed by atoms with Gasteiger partial charge < -0.3 is 13.9 Å². The summed E-state index contributed by atoms with van der Waals surface area (Å²) >= 11 is 0. The summed E-state index contributed by atoms with van der Waals surface area (Å²) in [5.41, 5.74) is 0.209. The zero-order valence-electron chi connectivity index (χ0n) is 10.8. The van der Waals surface area contributed by atoms with Crippen molar-refractivity contribution in [3.8, 4) is 5.75 Å². The highest BCUT2D eigenvalue weighted by atomic mass is 16.6. The van der Waals surface area contributed by atoms with Crippen LogP contribution in [-0.4, -0.2) is 18.8 Å². The van der Waals surface area contributed by atoms with E-state index >= 15 is 0 Å². The molecule has 1 aromatic carbocycles. The quantitative estimate of drug-likeness (QED) is 0.612. The fraction of sp³-hybridized carbons (Fsp3) is 0.400. The molecular formula is C15H16O4. The Morgan fingerprint density at radius 3 is 2.84 bits per heavy atom. The molecule has 0 N–H and O–H groups in total. The van der Waals surface area contributed by atoms with Gasteiger partial charge in [-0.1, -0.05) is 6.92 Å². The van der Waals surface area contributed by atoms with Crippen LogP contribution in [-0.2, 0) is 4.74 Å². The SMILES string of the molecule is CCC1O[C@@H]1CCOc1ccc2ccc(=O)oc2c1. The predicted molar refractivity (Wildman–Crippen MR) is 71.5 cm³/mol. The zero-order valence-corrected chi connectivity index (χ0v) is 10.8. The molecule has 2 heterocycles. The largest absolute Gasteiger partial charge is 0.493 e. The molecular weight excluding hydrogens is 244 g/mol. The van der Waals surface area contributed by atoms with Crippen LogP contribution in [0.5, 0.6) is 5.75 Å². The Kier molecular flexibility index (Phi) is 3.25. The first-order chi connectivity index (χ1) is 9.26. The standard InChI is InChI=1S/C15H16O4/c1-2-12-13(18-12)7-8-17-11-5-3-10-4-6-15(16)19-14(10)9-11/h3-6,9,12-13H,2,7-8H2,1H3/t12?,13-/m1/s1. The lowest BCUT2D eigenvalue weighted by atomic mass is 10.2. The van der Waals surface area contributed by atoms with E-state index in [1.807, 2.05) is 12.1 Å². The zero-order chi connectivity index (χ0) is 13.2. The van der Waals surface area contributed by atoms with Gasteiger partial charge in [-0.25, -0.2) is 4.79 Å². The van der Waals surface area contributed by atoms with Crippen molar-refractivity contribution in [3.05, 3.63) is 40.8 Å². The summed E-state index contributed by atoms with van der Waals surface area (Å²) in [6, 6.07) is 8.68. The van der Waals surface area contributed by atoms with Gasteiger partial charge in [0.25, 0.3) is 0 Å². The summed E-state index contributed by atoms with van der Waals surface area (Å²) in [4.78, 5) is 11.2. The Bertz CT molecular complexity index is 631. The van der Waals surface area contributed by atoms with Crippen molar-refractivity contribution in [3.63, 3.8) is 0 Å². The maximum absolute atomic E-state index is 11.2. The fourth-order valence-corrected chi connectivity index (χ4v) is 2.22. The lowest BCUT2D eigenvalue weighted by Crippen LogP contribution is -2.03. The van der Waals surface area contributed by atoms with Gasteiger partial charge in [0.1, 0.15) is 11.3 Å². The minimum Gasteiger partial charge on any atom is -0.493 e. The Morgan fingerprint density at radius 1 is 1.21 bits per heavy atom. The highest BCUT2D eigenvalue weighted by molar-refractivity contribution is 5.77. The molecule has 0 aliphatic carbocycles. The fourth-order valence-electron chi connectivity index (χ4n) is 2.22. The number of ether oxygens (including phenoxy) is 2. The molecule has 1 aliphatic heterocycles. The van der Waals surface area contributed by atoms with E-state index in [9.17, 15) is 4.79 Å². The van der Waals surface area contributed by atoms with Crippen LogP contribution >= 0.6 is 0 Å². The number of fused-ring (bicyclic) bond motifs is 1. The first-order valence-electron chi connectivity index (χ1n) is 6.58. The number of hydrogen-bond donors (Lipinski definition) is 0. The highest BCUT2D eigenvalue weighted by Gasteiger charge is 2.36. The molecule has 0 spiro atoms. The summed E-state index contributed by atoms with van der Waals surface area (Å²) in [6.07, 6.45) is 2.72. The van der Waals surface area contributed by atoms with E-state index in [0.717, 1.165) is 24.0 Å². The van der Waals surface area contributed by atoms with E-state index in [0.29, 0.717) is 24.4 Å². The molecule has 1 fully saturated rings. The number of benzene rings is 1. The van der Waals surface area contributed by atoms with Crippen molar-refractivity contribution in [2.24, 2.45) is 0 Å². The molecule has 0 radical (unpaired) electrons. The molecule has 19 heavy (non-hydrogen) atoms. The van der Waals surface area contributed by atoms with Crippen LogP contribution in [0, 0.1) is 0 Å². The number of rotatable bonds is 5. The summed E-state index contributed by atoms with van der Waals surface area (Å²) < 4.78 is 16.2. The van der Waals surface area contributed by atoms with Crippen molar-refractivity contribution in [1.82, 2.24) is 0 Å². The van der Waals surface area contributed by atoms with E-state index in [-0.39, 0.29) is 5.63 Å². The molecule has 1 unspecified atom stereocenters. The van der Waals surface area contributed by atoms with Gasteiger partial charge in [0.15, 0.2) is 0 Å². The maximum Gasteiger partial charge on any atom is 0.336 e. The van der Waals surface area contributed by atoms with Gasteiger partial charge in [0.2, 0.25) is 0 Å². The molecule has 0 saturated carbocycles. The third-order valence-electron chi connectivity index (χ3n) is 3.36. The average Bonchev–Trinajstić information content (AvgIpc) is 3.17. The van der Waals surface area contributed by atoms with Crippen molar-refractivity contribution in [2.45, 2.75) is 32.0 Å². The summed E-state index contributed by atoms with van der Waals surface area (Å²) in [6.45, 7) is 2.74. The molecule has 0 bridgehead atoms. The molecule has 3 rings (SSSR count). The van der Waals surface area contributed by atoms with E-state index in [1.165, 1.54) is 6.07 Å². The van der Waals surface area contributed by atoms with Crippen LogP contribution in [0.15, 0.2) is 39.5 Å². The predicted octanol–water partition coefficient (Wildman–Crippen LogP) is 2.74. The molecule has 2 atom stereocenters. The normalized spacial score (nSPS) is 21.5. The summed E-state index contributed by atoms with van der Waals surface area (Å²) in [5.74, 6) is 0.718. The second-order valence-corrected chi connectivity index (χ2v) is 4.71. The molecule has 1 aliphatic rings. The lowest BCUT2D eigenvalue weighted by Gasteiger charge is -2.05.